The van der Waals surface area contributed by atoms with Crippen LogP contribution in [-0.4, -0.2) is 13.7 Å². The molecule has 0 aliphatic carbocycles. The Morgan fingerprint density at radius 2 is 1.78 bits per heavy atom. The Hall–Kier alpha value is -0.0400. The lowest BCUT2D eigenvalue weighted by Gasteiger charge is -2.11. The largest absolute Gasteiger partial charge is 0.384 e. The van der Waals surface area contributed by atoms with Crippen molar-refractivity contribution in [1.29, 1.82) is 0 Å². The average Bonchev–Trinajstić information content (AvgIpc) is 1.63. The Morgan fingerprint density at radius 3 is 2.11 bits per heavy atom. The van der Waals surface area contributed by atoms with Gasteiger partial charge >= 0.3 is 0 Å². The van der Waals surface area contributed by atoms with Crippen molar-refractivity contribution in [2.75, 3.05) is 13.7 Å². The summed E-state index contributed by atoms with van der Waals surface area (Å²) in [5.41, 5.74) is 0. The molecule has 1 heteroatoms. The molecule has 0 rings (SSSR count). The molecule has 0 aromatic carbocycles. The van der Waals surface area contributed by atoms with E-state index in [0.29, 0.717) is 0 Å². The fraction of sp³-hybridized carbons (Fsp3) is 1.00. The van der Waals surface area contributed by atoms with Gasteiger partial charge in [0, 0.05) is 13.7 Å². The van der Waals surface area contributed by atoms with Gasteiger partial charge in [-0.3, -0.25) is 0 Å². The molecule has 56 valence electrons. The number of hydrogen-bond donors (Lipinski definition) is 0. The second kappa shape index (κ2) is 4.80. The summed E-state index contributed by atoms with van der Waals surface area (Å²) in [6.07, 6.45) is 1.27. The third kappa shape index (κ3) is 5.84. The summed E-state index contributed by atoms with van der Waals surface area (Å²) >= 11 is 0. The molecule has 0 aromatic rings. The summed E-state index contributed by atoms with van der Waals surface area (Å²) in [5.74, 6) is 1.52. The van der Waals surface area contributed by atoms with Crippen LogP contribution in [0.15, 0.2) is 0 Å². The van der Waals surface area contributed by atoms with Gasteiger partial charge in [0.15, 0.2) is 0 Å². The van der Waals surface area contributed by atoms with Crippen molar-refractivity contribution in [2.45, 2.75) is 27.2 Å². The van der Waals surface area contributed by atoms with E-state index in [0.717, 1.165) is 18.4 Å². The van der Waals surface area contributed by atoms with Crippen molar-refractivity contribution in [3.05, 3.63) is 0 Å². The highest BCUT2D eigenvalue weighted by Gasteiger charge is 2.02. The predicted molar refractivity (Wildman–Crippen MR) is 40.5 cm³/mol. The van der Waals surface area contributed by atoms with Crippen LogP contribution in [0.25, 0.3) is 0 Å². The minimum absolute atomic E-state index is 0.718. The van der Waals surface area contributed by atoms with Crippen molar-refractivity contribution in [3.8, 4) is 0 Å². The second-order valence-corrected chi connectivity index (χ2v) is 3.19. The van der Waals surface area contributed by atoms with Crippen LogP contribution in [0.3, 0.4) is 0 Å². The summed E-state index contributed by atoms with van der Waals surface area (Å²) in [6, 6.07) is 0. The fourth-order valence-corrected chi connectivity index (χ4v) is 1.16. The SMILES string of the molecule is COC[C@@H](C)CC(C)C. The Labute approximate surface area is 58.4 Å². The van der Waals surface area contributed by atoms with Gasteiger partial charge in [-0.15, -0.1) is 0 Å². The maximum Gasteiger partial charge on any atom is 0.0487 e. The first kappa shape index (κ1) is 8.96. The second-order valence-electron chi connectivity index (χ2n) is 3.19. The molecule has 0 saturated heterocycles. The van der Waals surface area contributed by atoms with Crippen LogP contribution in [0.2, 0.25) is 0 Å². The maximum absolute atomic E-state index is 5.00. The van der Waals surface area contributed by atoms with Gasteiger partial charge in [0.05, 0.1) is 0 Å². The molecule has 0 bridgehead atoms. The van der Waals surface area contributed by atoms with E-state index >= 15 is 0 Å². The standard InChI is InChI=1S/C8H18O/c1-7(2)5-8(3)6-9-4/h7-8H,5-6H2,1-4H3/t8-/m0/s1. The van der Waals surface area contributed by atoms with Crippen molar-refractivity contribution < 1.29 is 4.74 Å². The lowest BCUT2D eigenvalue weighted by Crippen LogP contribution is -2.06. The molecule has 1 nitrogen and oxygen atoms in total. The molecule has 0 heterocycles. The Bertz CT molecular complexity index is 59.6. The molecule has 0 aromatic heterocycles. The number of ether oxygens (including phenoxy) is 1. The summed E-state index contributed by atoms with van der Waals surface area (Å²) in [6.45, 7) is 7.61. The highest BCUT2D eigenvalue weighted by molar-refractivity contribution is 4.53. The topological polar surface area (TPSA) is 9.23 Å². The minimum atomic E-state index is 0.718. The molecule has 0 radical (unpaired) electrons. The zero-order valence-corrected chi connectivity index (χ0v) is 6.98. The van der Waals surface area contributed by atoms with Gasteiger partial charge in [-0.05, 0) is 18.3 Å². The van der Waals surface area contributed by atoms with E-state index in [1.54, 1.807) is 7.11 Å². The third-order valence-corrected chi connectivity index (χ3v) is 1.32. The van der Waals surface area contributed by atoms with Crippen molar-refractivity contribution in [2.24, 2.45) is 11.8 Å². The smallest absolute Gasteiger partial charge is 0.0487 e. The van der Waals surface area contributed by atoms with E-state index in [-0.39, 0.29) is 0 Å². The lowest BCUT2D eigenvalue weighted by molar-refractivity contribution is 0.149. The Kier molecular flexibility index (Phi) is 4.78. The molecule has 0 unspecified atom stereocenters. The fourth-order valence-electron chi connectivity index (χ4n) is 1.16. The van der Waals surface area contributed by atoms with E-state index in [9.17, 15) is 0 Å². The summed E-state index contributed by atoms with van der Waals surface area (Å²) in [4.78, 5) is 0. The van der Waals surface area contributed by atoms with Gasteiger partial charge in [0.1, 0.15) is 0 Å². The monoisotopic (exact) mass is 130 g/mol. The molecule has 0 N–H and O–H groups in total. The number of hydrogen-bond acceptors (Lipinski definition) is 1. The van der Waals surface area contributed by atoms with Gasteiger partial charge in [-0.25, -0.2) is 0 Å². The summed E-state index contributed by atoms with van der Waals surface area (Å²) < 4.78 is 5.00. The van der Waals surface area contributed by atoms with Crippen molar-refractivity contribution >= 4 is 0 Å². The van der Waals surface area contributed by atoms with Gasteiger partial charge < -0.3 is 4.74 Å². The van der Waals surface area contributed by atoms with Crippen LogP contribution < -0.4 is 0 Å². The van der Waals surface area contributed by atoms with Crippen LogP contribution >= 0.6 is 0 Å². The third-order valence-electron chi connectivity index (χ3n) is 1.32. The van der Waals surface area contributed by atoms with E-state index < -0.39 is 0 Å². The van der Waals surface area contributed by atoms with Crippen LogP contribution in [-0.2, 0) is 4.74 Å². The molecule has 1 atom stereocenters. The molecule has 0 aliphatic heterocycles. The molecule has 0 aliphatic rings. The van der Waals surface area contributed by atoms with Crippen molar-refractivity contribution in [3.63, 3.8) is 0 Å². The summed E-state index contributed by atoms with van der Waals surface area (Å²) in [7, 11) is 1.76. The van der Waals surface area contributed by atoms with Crippen LogP contribution in [0.5, 0.6) is 0 Å². The zero-order chi connectivity index (χ0) is 7.28. The molecular formula is C8H18O. The highest BCUT2D eigenvalue weighted by atomic mass is 16.5. The quantitative estimate of drug-likeness (QED) is 0.567. The Balaban J connectivity index is 3.15. The first-order valence-electron chi connectivity index (χ1n) is 3.65. The van der Waals surface area contributed by atoms with Gasteiger partial charge in [0.2, 0.25) is 0 Å². The lowest BCUT2D eigenvalue weighted by atomic mass is 10.00. The Morgan fingerprint density at radius 1 is 1.22 bits per heavy atom. The van der Waals surface area contributed by atoms with Crippen LogP contribution in [0.1, 0.15) is 27.2 Å². The first-order valence-corrected chi connectivity index (χ1v) is 3.65. The first-order chi connectivity index (χ1) is 4.16. The average molecular weight is 130 g/mol. The van der Waals surface area contributed by atoms with Crippen molar-refractivity contribution in [1.82, 2.24) is 0 Å². The highest BCUT2D eigenvalue weighted by Crippen LogP contribution is 2.10. The van der Waals surface area contributed by atoms with Crippen LogP contribution in [0, 0.1) is 11.8 Å². The molecule has 9 heavy (non-hydrogen) atoms. The van der Waals surface area contributed by atoms with E-state index in [1.807, 2.05) is 0 Å². The number of methoxy groups -OCH3 is 1. The van der Waals surface area contributed by atoms with E-state index in [4.69, 9.17) is 4.74 Å². The zero-order valence-electron chi connectivity index (χ0n) is 6.98. The molecule has 0 spiro atoms. The molecular weight excluding hydrogens is 112 g/mol. The van der Waals surface area contributed by atoms with Gasteiger partial charge in [0.25, 0.3) is 0 Å². The normalized spacial score (nSPS) is 14.3. The number of rotatable bonds is 4. The van der Waals surface area contributed by atoms with E-state index in [2.05, 4.69) is 20.8 Å². The van der Waals surface area contributed by atoms with Gasteiger partial charge in [-0.2, -0.15) is 0 Å². The van der Waals surface area contributed by atoms with Gasteiger partial charge in [-0.1, -0.05) is 20.8 Å². The van der Waals surface area contributed by atoms with E-state index in [1.165, 1.54) is 6.42 Å². The summed E-state index contributed by atoms with van der Waals surface area (Å²) in [5, 5.41) is 0. The predicted octanol–water partition coefficient (Wildman–Crippen LogP) is 2.32. The molecule has 0 saturated carbocycles. The maximum atomic E-state index is 5.00. The molecule has 0 fully saturated rings. The molecule has 0 amide bonds. The van der Waals surface area contributed by atoms with Crippen LogP contribution in [0.4, 0.5) is 0 Å². The minimum Gasteiger partial charge on any atom is -0.384 e.